The Balaban J connectivity index is 2.87. The van der Waals surface area contributed by atoms with E-state index in [1.165, 1.54) is 5.32 Å². The molecular formula is C7H4F3N3O3. The van der Waals surface area contributed by atoms with E-state index < -0.39 is 29.7 Å². The van der Waals surface area contributed by atoms with Crippen LogP contribution in [0.1, 0.15) is 10.5 Å². The van der Waals surface area contributed by atoms with Gasteiger partial charge < -0.3 is 5.11 Å². The quantitative estimate of drug-likeness (QED) is 0.786. The van der Waals surface area contributed by atoms with Crippen LogP contribution in [0.4, 0.5) is 19.1 Å². The summed E-state index contributed by atoms with van der Waals surface area (Å²) in [5.41, 5.74) is -0.521. The lowest BCUT2D eigenvalue weighted by atomic mass is 10.4. The molecule has 0 fully saturated rings. The van der Waals surface area contributed by atoms with Crippen LogP contribution in [0.5, 0.6) is 0 Å². The molecule has 16 heavy (non-hydrogen) atoms. The first-order valence-electron chi connectivity index (χ1n) is 3.75. The number of hydrogen-bond acceptors (Lipinski definition) is 4. The smallest absolute Gasteiger partial charge is 0.471 e. The number of halogens is 3. The van der Waals surface area contributed by atoms with Crippen molar-refractivity contribution in [3.8, 4) is 0 Å². The van der Waals surface area contributed by atoms with E-state index in [-0.39, 0.29) is 0 Å². The summed E-state index contributed by atoms with van der Waals surface area (Å²) >= 11 is 0. The van der Waals surface area contributed by atoms with Crippen LogP contribution in [-0.2, 0) is 4.79 Å². The summed E-state index contributed by atoms with van der Waals surface area (Å²) in [6, 6.07) is 0.978. The van der Waals surface area contributed by atoms with Gasteiger partial charge in [0.1, 0.15) is 0 Å². The summed E-state index contributed by atoms with van der Waals surface area (Å²) in [5.74, 6) is -4.43. The second-order valence-corrected chi connectivity index (χ2v) is 2.52. The fraction of sp³-hybridized carbons (Fsp3) is 0.143. The van der Waals surface area contributed by atoms with Gasteiger partial charge in [0.25, 0.3) is 0 Å². The first kappa shape index (κ1) is 11.9. The third-order valence-corrected chi connectivity index (χ3v) is 1.36. The summed E-state index contributed by atoms with van der Waals surface area (Å²) in [7, 11) is 0. The molecule has 0 saturated carbocycles. The van der Waals surface area contributed by atoms with Gasteiger partial charge in [0.15, 0.2) is 5.69 Å². The van der Waals surface area contributed by atoms with Crippen LogP contribution < -0.4 is 5.32 Å². The number of rotatable bonds is 2. The average Bonchev–Trinajstić information content (AvgIpc) is 2.16. The molecule has 0 bridgehead atoms. The first-order chi connectivity index (χ1) is 7.30. The lowest BCUT2D eigenvalue weighted by Crippen LogP contribution is -2.30. The number of amides is 1. The van der Waals surface area contributed by atoms with Gasteiger partial charge in [-0.3, -0.25) is 10.1 Å². The predicted molar refractivity (Wildman–Crippen MR) is 43.7 cm³/mol. The van der Waals surface area contributed by atoms with Crippen LogP contribution in [0.2, 0.25) is 0 Å². The van der Waals surface area contributed by atoms with Crippen molar-refractivity contribution in [1.82, 2.24) is 9.97 Å². The Kier molecular flexibility index (Phi) is 3.06. The van der Waals surface area contributed by atoms with E-state index in [1.54, 1.807) is 0 Å². The monoisotopic (exact) mass is 235 g/mol. The highest BCUT2D eigenvalue weighted by Crippen LogP contribution is 2.16. The van der Waals surface area contributed by atoms with Crippen LogP contribution in [-0.4, -0.2) is 33.1 Å². The Morgan fingerprint density at radius 1 is 1.38 bits per heavy atom. The Morgan fingerprint density at radius 3 is 2.50 bits per heavy atom. The average molecular weight is 235 g/mol. The molecule has 0 atom stereocenters. The maximum atomic E-state index is 11.8. The molecule has 1 aromatic rings. The molecule has 1 heterocycles. The molecule has 1 rings (SSSR count). The first-order valence-corrected chi connectivity index (χ1v) is 3.75. The molecule has 0 aliphatic carbocycles. The number of nitrogens with one attached hydrogen (secondary N) is 1. The van der Waals surface area contributed by atoms with Crippen molar-refractivity contribution in [3.63, 3.8) is 0 Å². The van der Waals surface area contributed by atoms with Crippen LogP contribution in [0.3, 0.4) is 0 Å². The zero-order chi connectivity index (χ0) is 12.3. The second kappa shape index (κ2) is 4.13. The highest BCUT2D eigenvalue weighted by Gasteiger charge is 2.39. The number of aromatic nitrogens is 2. The molecule has 0 saturated heterocycles. The van der Waals surface area contributed by atoms with Crippen LogP contribution >= 0.6 is 0 Å². The Morgan fingerprint density at radius 2 is 2.00 bits per heavy atom. The fourth-order valence-electron chi connectivity index (χ4n) is 0.710. The molecule has 0 aliphatic heterocycles. The van der Waals surface area contributed by atoms with Crippen molar-refractivity contribution in [1.29, 1.82) is 0 Å². The minimum atomic E-state index is -5.08. The Bertz CT molecular complexity index is 432. The van der Waals surface area contributed by atoms with E-state index in [9.17, 15) is 22.8 Å². The molecule has 1 amide bonds. The van der Waals surface area contributed by atoms with E-state index >= 15 is 0 Å². The maximum Gasteiger partial charge on any atom is 0.471 e. The van der Waals surface area contributed by atoms with Crippen LogP contribution in [0.15, 0.2) is 12.3 Å². The van der Waals surface area contributed by atoms with Gasteiger partial charge in [0, 0.05) is 6.20 Å². The van der Waals surface area contributed by atoms with E-state index in [1.807, 2.05) is 0 Å². The molecule has 6 nitrogen and oxygen atoms in total. The number of alkyl halides is 3. The number of carbonyl (C=O) groups excluding carboxylic acids is 1. The predicted octanol–water partition coefficient (Wildman–Crippen LogP) is 0.676. The number of aromatic carboxylic acids is 1. The van der Waals surface area contributed by atoms with Gasteiger partial charge in [-0.2, -0.15) is 13.2 Å². The number of carboxylic acid groups (broad SMARTS) is 1. The SMILES string of the molecule is O=C(O)c1ccnc(NC(=O)C(F)(F)F)n1. The standard InChI is InChI=1S/C7H4F3N3O3/c8-7(9,10)5(16)13-6-11-2-1-3(12-6)4(14)15/h1-2H,(H,14,15)(H,11,12,13,16). The van der Waals surface area contributed by atoms with Gasteiger partial charge in [-0.15, -0.1) is 0 Å². The van der Waals surface area contributed by atoms with Crippen molar-refractivity contribution in [2.24, 2.45) is 0 Å². The van der Waals surface area contributed by atoms with Crippen molar-refractivity contribution in [2.45, 2.75) is 6.18 Å². The van der Waals surface area contributed by atoms with Gasteiger partial charge in [0.2, 0.25) is 5.95 Å². The molecule has 0 spiro atoms. The molecule has 0 aromatic carbocycles. The van der Waals surface area contributed by atoms with Gasteiger partial charge in [-0.05, 0) is 6.07 Å². The Hall–Kier alpha value is -2.19. The zero-order valence-electron chi connectivity index (χ0n) is 7.45. The van der Waals surface area contributed by atoms with Crippen LogP contribution in [0.25, 0.3) is 0 Å². The summed E-state index contributed by atoms with van der Waals surface area (Å²) < 4.78 is 35.4. The lowest BCUT2D eigenvalue weighted by molar-refractivity contribution is -0.167. The zero-order valence-corrected chi connectivity index (χ0v) is 7.45. The van der Waals surface area contributed by atoms with E-state index in [2.05, 4.69) is 9.97 Å². The molecule has 1 aromatic heterocycles. The highest BCUT2D eigenvalue weighted by atomic mass is 19.4. The molecule has 9 heteroatoms. The van der Waals surface area contributed by atoms with Gasteiger partial charge in [-0.1, -0.05) is 0 Å². The van der Waals surface area contributed by atoms with E-state index in [0.29, 0.717) is 0 Å². The Labute approximate surface area is 86.1 Å². The number of carbonyl (C=O) groups is 2. The van der Waals surface area contributed by atoms with Crippen molar-refractivity contribution >= 4 is 17.8 Å². The molecular weight excluding hydrogens is 231 g/mol. The minimum absolute atomic E-state index is 0.521. The van der Waals surface area contributed by atoms with E-state index in [0.717, 1.165) is 12.3 Å². The van der Waals surface area contributed by atoms with Gasteiger partial charge >= 0.3 is 18.1 Å². The highest BCUT2D eigenvalue weighted by molar-refractivity contribution is 5.94. The van der Waals surface area contributed by atoms with Gasteiger partial charge in [0.05, 0.1) is 0 Å². The molecule has 86 valence electrons. The molecule has 0 unspecified atom stereocenters. The number of nitrogens with zero attached hydrogens (tertiary/aromatic N) is 2. The number of carboxylic acids is 1. The lowest BCUT2D eigenvalue weighted by Gasteiger charge is -2.06. The topological polar surface area (TPSA) is 92.2 Å². The summed E-state index contributed by atoms with van der Waals surface area (Å²) in [4.78, 5) is 27.3. The largest absolute Gasteiger partial charge is 0.477 e. The second-order valence-electron chi connectivity index (χ2n) is 2.52. The molecule has 2 N–H and O–H groups in total. The minimum Gasteiger partial charge on any atom is -0.477 e. The maximum absolute atomic E-state index is 11.8. The van der Waals surface area contributed by atoms with Crippen molar-refractivity contribution in [3.05, 3.63) is 18.0 Å². The number of hydrogen-bond donors (Lipinski definition) is 2. The normalized spacial score (nSPS) is 10.9. The third kappa shape index (κ3) is 2.90. The van der Waals surface area contributed by atoms with Crippen molar-refractivity contribution in [2.75, 3.05) is 5.32 Å². The number of anilines is 1. The van der Waals surface area contributed by atoms with Gasteiger partial charge in [-0.25, -0.2) is 14.8 Å². The molecule has 0 aliphatic rings. The van der Waals surface area contributed by atoms with Crippen molar-refractivity contribution < 1.29 is 27.9 Å². The molecule has 0 radical (unpaired) electrons. The van der Waals surface area contributed by atoms with E-state index in [4.69, 9.17) is 5.11 Å². The summed E-state index contributed by atoms with van der Waals surface area (Å²) in [5, 5.41) is 9.81. The fourth-order valence-corrected chi connectivity index (χ4v) is 0.710. The third-order valence-electron chi connectivity index (χ3n) is 1.36. The summed E-state index contributed by atoms with van der Waals surface area (Å²) in [6.45, 7) is 0. The summed E-state index contributed by atoms with van der Waals surface area (Å²) in [6.07, 6.45) is -4.16. The van der Waals surface area contributed by atoms with Crippen LogP contribution in [0, 0.1) is 0 Å².